The quantitative estimate of drug-likeness (QED) is 0.569. The van der Waals surface area contributed by atoms with Gasteiger partial charge in [-0.2, -0.15) is 0 Å². The molecule has 0 aliphatic heterocycles. The van der Waals surface area contributed by atoms with Gasteiger partial charge in [0.15, 0.2) is 0 Å². The summed E-state index contributed by atoms with van der Waals surface area (Å²) in [5.74, 6) is 0.597. The lowest BCUT2D eigenvalue weighted by Crippen LogP contribution is -2.24. The van der Waals surface area contributed by atoms with E-state index in [0.29, 0.717) is 5.92 Å². The number of ether oxygens (including phenoxy) is 1. The van der Waals surface area contributed by atoms with Gasteiger partial charge >= 0.3 is 0 Å². The molecule has 0 saturated heterocycles. The van der Waals surface area contributed by atoms with E-state index in [2.05, 4.69) is 31.3 Å². The smallest absolute Gasteiger partial charge is 0.0709 e. The van der Waals surface area contributed by atoms with Crippen molar-refractivity contribution in [1.82, 2.24) is 5.32 Å². The SMILES string of the molecule is CC(C)COCCNCC(Cl)c1ccccc1. The van der Waals surface area contributed by atoms with E-state index in [1.54, 1.807) is 0 Å². The number of nitrogens with one attached hydrogen (secondary N) is 1. The van der Waals surface area contributed by atoms with Crippen LogP contribution in [0.25, 0.3) is 0 Å². The monoisotopic (exact) mass is 255 g/mol. The zero-order valence-electron chi connectivity index (χ0n) is 10.7. The average molecular weight is 256 g/mol. The second-order valence-electron chi connectivity index (χ2n) is 4.55. The van der Waals surface area contributed by atoms with Crippen molar-refractivity contribution in [3.8, 4) is 0 Å². The molecule has 0 aromatic heterocycles. The lowest BCUT2D eigenvalue weighted by molar-refractivity contribution is 0.112. The first-order valence-electron chi connectivity index (χ1n) is 6.17. The summed E-state index contributed by atoms with van der Waals surface area (Å²) in [5, 5.41) is 3.33. The first kappa shape index (κ1) is 14.5. The van der Waals surface area contributed by atoms with Crippen LogP contribution >= 0.6 is 11.6 Å². The Morgan fingerprint density at radius 2 is 1.94 bits per heavy atom. The van der Waals surface area contributed by atoms with E-state index in [1.807, 2.05) is 18.2 Å². The van der Waals surface area contributed by atoms with Gasteiger partial charge in [0.05, 0.1) is 12.0 Å². The van der Waals surface area contributed by atoms with Crippen LogP contribution in [0.4, 0.5) is 0 Å². The Morgan fingerprint density at radius 3 is 2.59 bits per heavy atom. The molecule has 1 unspecified atom stereocenters. The Hall–Kier alpha value is -0.570. The molecule has 17 heavy (non-hydrogen) atoms. The minimum absolute atomic E-state index is 0.0290. The Labute approximate surface area is 109 Å². The third kappa shape index (κ3) is 6.67. The van der Waals surface area contributed by atoms with Crippen molar-refractivity contribution in [3.63, 3.8) is 0 Å². The highest BCUT2D eigenvalue weighted by molar-refractivity contribution is 6.21. The van der Waals surface area contributed by atoms with Crippen LogP contribution in [0.2, 0.25) is 0 Å². The predicted molar refractivity (Wildman–Crippen MR) is 73.6 cm³/mol. The van der Waals surface area contributed by atoms with E-state index >= 15 is 0 Å². The fourth-order valence-electron chi connectivity index (χ4n) is 1.47. The number of halogens is 1. The summed E-state index contributed by atoms with van der Waals surface area (Å²) in [6.07, 6.45) is 0. The molecule has 1 N–H and O–H groups in total. The summed E-state index contributed by atoms with van der Waals surface area (Å²) in [6, 6.07) is 10.1. The summed E-state index contributed by atoms with van der Waals surface area (Å²) in [7, 11) is 0. The maximum Gasteiger partial charge on any atom is 0.0709 e. The lowest BCUT2D eigenvalue weighted by Gasteiger charge is -2.11. The standard InChI is InChI=1S/C14H22ClNO/c1-12(2)11-17-9-8-16-10-14(15)13-6-4-3-5-7-13/h3-7,12,14,16H,8-11H2,1-2H3. The molecule has 3 heteroatoms. The molecule has 0 aliphatic carbocycles. The summed E-state index contributed by atoms with van der Waals surface area (Å²) in [6.45, 7) is 7.50. The molecule has 1 aromatic rings. The van der Waals surface area contributed by atoms with Crippen molar-refractivity contribution in [1.29, 1.82) is 0 Å². The molecule has 96 valence electrons. The van der Waals surface area contributed by atoms with Gasteiger partial charge in [-0.1, -0.05) is 44.2 Å². The number of hydrogen-bond acceptors (Lipinski definition) is 2. The van der Waals surface area contributed by atoms with Gasteiger partial charge in [0.1, 0.15) is 0 Å². The van der Waals surface area contributed by atoms with E-state index in [-0.39, 0.29) is 5.38 Å². The summed E-state index contributed by atoms with van der Waals surface area (Å²) in [5.41, 5.74) is 1.16. The molecule has 0 bridgehead atoms. The zero-order chi connectivity index (χ0) is 12.5. The Morgan fingerprint density at radius 1 is 1.24 bits per heavy atom. The molecule has 0 spiro atoms. The minimum Gasteiger partial charge on any atom is -0.380 e. The van der Waals surface area contributed by atoms with Crippen LogP contribution in [0.15, 0.2) is 30.3 Å². The first-order chi connectivity index (χ1) is 8.20. The average Bonchev–Trinajstić information content (AvgIpc) is 2.34. The van der Waals surface area contributed by atoms with Crippen LogP contribution in [0.3, 0.4) is 0 Å². The van der Waals surface area contributed by atoms with Crippen LogP contribution in [0, 0.1) is 5.92 Å². The van der Waals surface area contributed by atoms with E-state index in [0.717, 1.165) is 31.9 Å². The zero-order valence-corrected chi connectivity index (χ0v) is 11.4. The van der Waals surface area contributed by atoms with E-state index in [9.17, 15) is 0 Å². The third-order valence-corrected chi connectivity index (χ3v) is 2.77. The highest BCUT2D eigenvalue weighted by Crippen LogP contribution is 2.18. The van der Waals surface area contributed by atoms with Crippen LogP contribution in [-0.2, 0) is 4.74 Å². The molecular formula is C14H22ClNO. The van der Waals surface area contributed by atoms with Crippen LogP contribution in [-0.4, -0.2) is 26.3 Å². The predicted octanol–water partition coefficient (Wildman–Crippen LogP) is 3.23. The summed E-state index contributed by atoms with van der Waals surface area (Å²) >= 11 is 6.27. The van der Waals surface area contributed by atoms with Gasteiger partial charge in [-0.15, -0.1) is 11.6 Å². The Balaban J connectivity index is 2.07. The van der Waals surface area contributed by atoms with Crippen molar-refractivity contribution in [2.45, 2.75) is 19.2 Å². The van der Waals surface area contributed by atoms with Gasteiger partial charge in [0.2, 0.25) is 0 Å². The van der Waals surface area contributed by atoms with Crippen LogP contribution in [0.5, 0.6) is 0 Å². The molecule has 0 amide bonds. The molecule has 1 atom stereocenters. The van der Waals surface area contributed by atoms with Crippen molar-refractivity contribution in [2.24, 2.45) is 5.92 Å². The number of benzene rings is 1. The van der Waals surface area contributed by atoms with Gasteiger partial charge in [0, 0.05) is 19.7 Å². The molecule has 0 heterocycles. The van der Waals surface area contributed by atoms with Gasteiger partial charge < -0.3 is 10.1 Å². The largest absolute Gasteiger partial charge is 0.380 e. The highest BCUT2D eigenvalue weighted by atomic mass is 35.5. The molecule has 0 fully saturated rings. The van der Waals surface area contributed by atoms with Crippen molar-refractivity contribution in [3.05, 3.63) is 35.9 Å². The fraction of sp³-hybridized carbons (Fsp3) is 0.571. The Bertz CT molecular complexity index is 290. The maximum atomic E-state index is 6.27. The molecule has 0 aliphatic rings. The number of rotatable bonds is 8. The second kappa shape index (κ2) is 8.51. The van der Waals surface area contributed by atoms with E-state index in [1.165, 1.54) is 0 Å². The number of hydrogen-bond donors (Lipinski definition) is 1. The highest BCUT2D eigenvalue weighted by Gasteiger charge is 2.05. The molecule has 2 nitrogen and oxygen atoms in total. The minimum atomic E-state index is 0.0290. The normalized spacial score (nSPS) is 12.9. The van der Waals surface area contributed by atoms with Crippen molar-refractivity contribution >= 4 is 11.6 Å². The van der Waals surface area contributed by atoms with Crippen molar-refractivity contribution < 1.29 is 4.74 Å². The van der Waals surface area contributed by atoms with Gasteiger partial charge in [-0.05, 0) is 11.5 Å². The second-order valence-corrected chi connectivity index (χ2v) is 5.08. The topological polar surface area (TPSA) is 21.3 Å². The summed E-state index contributed by atoms with van der Waals surface area (Å²) in [4.78, 5) is 0. The van der Waals surface area contributed by atoms with Crippen LogP contribution < -0.4 is 5.32 Å². The first-order valence-corrected chi connectivity index (χ1v) is 6.61. The van der Waals surface area contributed by atoms with Gasteiger partial charge in [-0.25, -0.2) is 0 Å². The van der Waals surface area contributed by atoms with Crippen LogP contribution in [0.1, 0.15) is 24.8 Å². The summed E-state index contributed by atoms with van der Waals surface area (Å²) < 4.78 is 5.48. The molecule has 1 rings (SSSR count). The number of alkyl halides is 1. The Kier molecular flexibility index (Phi) is 7.25. The fourth-order valence-corrected chi connectivity index (χ4v) is 1.73. The molecule has 1 aromatic carbocycles. The molecular weight excluding hydrogens is 234 g/mol. The van der Waals surface area contributed by atoms with Gasteiger partial charge in [0.25, 0.3) is 0 Å². The third-order valence-electron chi connectivity index (χ3n) is 2.36. The molecule has 0 radical (unpaired) electrons. The lowest BCUT2D eigenvalue weighted by atomic mass is 10.1. The van der Waals surface area contributed by atoms with E-state index in [4.69, 9.17) is 16.3 Å². The van der Waals surface area contributed by atoms with Crippen molar-refractivity contribution in [2.75, 3.05) is 26.3 Å². The maximum absolute atomic E-state index is 6.27. The van der Waals surface area contributed by atoms with E-state index < -0.39 is 0 Å². The molecule has 0 saturated carbocycles. The van der Waals surface area contributed by atoms with Gasteiger partial charge in [-0.3, -0.25) is 0 Å².